The summed E-state index contributed by atoms with van der Waals surface area (Å²) in [6.07, 6.45) is 4.69. The van der Waals surface area contributed by atoms with Crippen LogP contribution in [0.1, 0.15) is 28.0 Å². The predicted molar refractivity (Wildman–Crippen MR) is 129 cm³/mol. The van der Waals surface area contributed by atoms with Crippen LogP contribution >= 0.6 is 0 Å². The largest absolute Gasteiger partial charge is 0.360 e. The Morgan fingerprint density at radius 2 is 2.00 bits per heavy atom. The zero-order valence-corrected chi connectivity index (χ0v) is 18.5. The summed E-state index contributed by atoms with van der Waals surface area (Å²) >= 11 is 0. The van der Waals surface area contributed by atoms with Crippen molar-refractivity contribution in [2.75, 3.05) is 13.1 Å². The van der Waals surface area contributed by atoms with Crippen LogP contribution in [0.15, 0.2) is 71.4 Å². The highest BCUT2D eigenvalue weighted by Crippen LogP contribution is 2.32. The third kappa shape index (κ3) is 3.37. The fourth-order valence-electron chi connectivity index (χ4n) is 4.65. The van der Waals surface area contributed by atoms with Gasteiger partial charge in [-0.1, -0.05) is 41.6 Å². The van der Waals surface area contributed by atoms with Crippen molar-refractivity contribution in [3.63, 3.8) is 0 Å². The van der Waals surface area contributed by atoms with E-state index in [4.69, 9.17) is 4.52 Å². The molecule has 3 aromatic heterocycles. The molecule has 5 aromatic rings. The summed E-state index contributed by atoms with van der Waals surface area (Å²) in [6, 6.07) is 16.3. The van der Waals surface area contributed by atoms with Gasteiger partial charge in [0.2, 0.25) is 0 Å². The van der Waals surface area contributed by atoms with Crippen LogP contribution in [-0.4, -0.2) is 39.0 Å². The minimum atomic E-state index is -0.266. The molecule has 0 saturated carbocycles. The lowest BCUT2D eigenvalue weighted by atomic mass is 9.98. The summed E-state index contributed by atoms with van der Waals surface area (Å²) in [7, 11) is 0. The lowest BCUT2D eigenvalue weighted by Gasteiger charge is -2.27. The smallest absolute Gasteiger partial charge is 0.259 e. The minimum Gasteiger partial charge on any atom is -0.360 e. The first kappa shape index (κ1) is 20.4. The number of nitrogens with one attached hydrogen (secondary N) is 1. The molecular weight excluding hydrogens is 431 g/mol. The number of hydrogen-bond donors (Lipinski definition) is 1. The molecule has 6 nitrogen and oxygen atoms in total. The van der Waals surface area contributed by atoms with Gasteiger partial charge in [0.05, 0.1) is 22.3 Å². The molecule has 0 spiro atoms. The maximum atomic E-state index is 13.6. The van der Waals surface area contributed by atoms with E-state index in [0.717, 1.165) is 27.6 Å². The third-order valence-electron chi connectivity index (χ3n) is 6.40. The molecule has 1 amide bonds. The van der Waals surface area contributed by atoms with Crippen molar-refractivity contribution < 1.29 is 13.7 Å². The summed E-state index contributed by atoms with van der Waals surface area (Å²) < 4.78 is 19.0. The van der Waals surface area contributed by atoms with Crippen LogP contribution in [0.4, 0.5) is 4.39 Å². The van der Waals surface area contributed by atoms with Crippen LogP contribution in [0.3, 0.4) is 0 Å². The van der Waals surface area contributed by atoms with Crippen LogP contribution in [0.2, 0.25) is 0 Å². The number of aromatic nitrogens is 3. The molecule has 1 N–H and O–H groups in total. The highest BCUT2D eigenvalue weighted by atomic mass is 19.1. The van der Waals surface area contributed by atoms with Crippen molar-refractivity contribution in [2.24, 2.45) is 0 Å². The van der Waals surface area contributed by atoms with Gasteiger partial charge in [-0.2, -0.15) is 0 Å². The molecule has 1 aliphatic rings. The molecule has 7 heteroatoms. The Bertz CT molecular complexity index is 1580. The molecule has 34 heavy (non-hydrogen) atoms. The molecule has 4 heterocycles. The molecule has 6 rings (SSSR count). The van der Waals surface area contributed by atoms with Gasteiger partial charge in [-0.25, -0.2) is 9.37 Å². The van der Waals surface area contributed by atoms with E-state index < -0.39 is 0 Å². The van der Waals surface area contributed by atoms with Crippen molar-refractivity contribution in [3.05, 3.63) is 89.5 Å². The van der Waals surface area contributed by atoms with E-state index >= 15 is 0 Å². The van der Waals surface area contributed by atoms with Gasteiger partial charge in [-0.15, -0.1) is 0 Å². The summed E-state index contributed by atoms with van der Waals surface area (Å²) in [5.41, 5.74) is 6.09. The zero-order chi connectivity index (χ0) is 23.2. The normalized spacial score (nSPS) is 14.1. The molecule has 0 unspecified atom stereocenters. The Morgan fingerprint density at radius 3 is 2.79 bits per heavy atom. The van der Waals surface area contributed by atoms with Gasteiger partial charge >= 0.3 is 0 Å². The first-order valence-electron chi connectivity index (χ1n) is 11.2. The second-order valence-corrected chi connectivity index (χ2v) is 8.49. The van der Waals surface area contributed by atoms with Gasteiger partial charge in [-0.05, 0) is 43.2 Å². The molecule has 0 fully saturated rings. The van der Waals surface area contributed by atoms with Crippen LogP contribution < -0.4 is 0 Å². The number of rotatable bonds is 3. The van der Waals surface area contributed by atoms with Crippen LogP contribution in [0.25, 0.3) is 38.8 Å². The average molecular weight is 452 g/mol. The first-order chi connectivity index (χ1) is 16.6. The van der Waals surface area contributed by atoms with Crippen molar-refractivity contribution >= 4 is 33.5 Å². The molecule has 1 aliphatic heterocycles. The quantitative estimate of drug-likeness (QED) is 0.378. The number of fused-ring (bicyclic) bond motifs is 2. The summed E-state index contributed by atoms with van der Waals surface area (Å²) in [5.74, 6) is -0.343. The Balaban J connectivity index is 1.34. The van der Waals surface area contributed by atoms with Crippen LogP contribution in [0.5, 0.6) is 0 Å². The van der Waals surface area contributed by atoms with E-state index in [1.807, 2.05) is 54.4 Å². The van der Waals surface area contributed by atoms with Crippen molar-refractivity contribution in [2.45, 2.75) is 13.3 Å². The third-order valence-corrected chi connectivity index (χ3v) is 6.40. The van der Waals surface area contributed by atoms with Gasteiger partial charge in [0.1, 0.15) is 5.82 Å². The average Bonchev–Trinajstić information content (AvgIpc) is 3.47. The number of aromatic amines is 1. The Hall–Kier alpha value is -4.26. The fourth-order valence-corrected chi connectivity index (χ4v) is 4.65. The Morgan fingerprint density at radius 1 is 1.15 bits per heavy atom. The predicted octanol–water partition coefficient (Wildman–Crippen LogP) is 5.75. The molecular formula is C27H21FN4O2. The number of nitrogens with zero attached hydrogens (tertiary/aromatic N) is 3. The van der Waals surface area contributed by atoms with E-state index in [2.05, 4.69) is 21.2 Å². The first-order valence-corrected chi connectivity index (χ1v) is 11.2. The Labute approximate surface area is 194 Å². The van der Waals surface area contributed by atoms with E-state index in [-0.39, 0.29) is 11.7 Å². The summed E-state index contributed by atoms with van der Waals surface area (Å²) in [6.45, 7) is 2.88. The van der Waals surface area contributed by atoms with E-state index in [1.165, 1.54) is 12.1 Å². The number of carbonyl (C=O) groups excluding carboxylic acids is 1. The summed E-state index contributed by atoms with van der Waals surface area (Å²) in [5, 5.41) is 5.68. The number of halogens is 1. The maximum absolute atomic E-state index is 13.6. The lowest BCUT2D eigenvalue weighted by Crippen LogP contribution is -2.34. The van der Waals surface area contributed by atoms with Gasteiger partial charge < -0.3 is 14.4 Å². The van der Waals surface area contributed by atoms with Gasteiger partial charge in [0, 0.05) is 41.3 Å². The van der Waals surface area contributed by atoms with Crippen molar-refractivity contribution in [1.29, 1.82) is 0 Å². The number of H-pyrrole nitrogens is 1. The van der Waals surface area contributed by atoms with Crippen molar-refractivity contribution in [3.8, 4) is 11.3 Å². The number of aryl methyl sites for hydroxylation is 1. The number of benzene rings is 2. The number of carbonyl (C=O) groups is 1. The maximum Gasteiger partial charge on any atom is 0.259 e. The van der Waals surface area contributed by atoms with Gasteiger partial charge in [0.25, 0.3) is 11.6 Å². The highest BCUT2D eigenvalue weighted by molar-refractivity contribution is 6.07. The fraction of sp³-hybridized carbons (Fsp3) is 0.148. The van der Waals surface area contributed by atoms with Crippen molar-refractivity contribution in [1.82, 2.24) is 20.0 Å². The zero-order valence-electron chi connectivity index (χ0n) is 18.5. The monoisotopic (exact) mass is 452 g/mol. The molecule has 0 radical (unpaired) electrons. The summed E-state index contributed by atoms with van der Waals surface area (Å²) in [4.78, 5) is 23.2. The molecule has 0 saturated heterocycles. The van der Waals surface area contributed by atoms with E-state index in [9.17, 15) is 9.18 Å². The number of pyridine rings is 1. The second kappa shape index (κ2) is 7.95. The molecule has 2 aromatic carbocycles. The van der Waals surface area contributed by atoms with Crippen LogP contribution in [0, 0.1) is 12.7 Å². The molecule has 0 aliphatic carbocycles. The number of amides is 1. The number of hydrogen-bond acceptors (Lipinski definition) is 4. The van der Waals surface area contributed by atoms with E-state index in [1.54, 1.807) is 6.07 Å². The van der Waals surface area contributed by atoms with Crippen LogP contribution in [-0.2, 0) is 0 Å². The Kier molecular flexibility index (Phi) is 4.76. The SMILES string of the molecule is Cc1noc2nc(-c3ccccc3)cc(C(=O)N3CC=C(c4c[nH]c5cc(F)ccc45)CC3)c12. The lowest BCUT2D eigenvalue weighted by molar-refractivity contribution is 0.0774. The van der Waals surface area contributed by atoms with Gasteiger partial charge in [-0.3, -0.25) is 4.79 Å². The highest BCUT2D eigenvalue weighted by Gasteiger charge is 2.25. The van der Waals surface area contributed by atoms with E-state index in [0.29, 0.717) is 47.6 Å². The molecule has 0 bridgehead atoms. The molecule has 0 atom stereocenters. The van der Waals surface area contributed by atoms with Gasteiger partial charge in [0.15, 0.2) is 0 Å². The minimum absolute atomic E-state index is 0.0767. The second-order valence-electron chi connectivity index (χ2n) is 8.49. The standard InChI is InChI=1S/C27H21FN4O2/c1-16-25-21(14-23(30-26(25)34-31-16)18-5-3-2-4-6-18)27(33)32-11-9-17(10-12-32)22-15-29-24-13-19(28)7-8-20(22)24/h2-9,13-15,29H,10-12H2,1H3. The molecule has 168 valence electrons. The topological polar surface area (TPSA) is 75.0 Å².